The van der Waals surface area contributed by atoms with Crippen LogP contribution in [0.5, 0.6) is 0 Å². The van der Waals surface area contributed by atoms with E-state index in [2.05, 4.69) is 0 Å². The molecule has 0 saturated carbocycles. The van der Waals surface area contributed by atoms with Gasteiger partial charge >= 0.3 is 12.1 Å². The zero-order valence-corrected chi connectivity index (χ0v) is 9.76. The van der Waals surface area contributed by atoms with Gasteiger partial charge in [-0.05, 0) is 5.92 Å². The first kappa shape index (κ1) is 17.0. The molecule has 0 aromatic carbocycles. The lowest BCUT2D eigenvalue weighted by Crippen LogP contribution is -2.57. The molecule has 18 heavy (non-hydrogen) atoms. The zero-order valence-electron chi connectivity index (χ0n) is 9.76. The SMILES string of the molecule is CC(C)[C@H](N)C(O)C(F)(F)C(=O)NCC(F)(F)F. The van der Waals surface area contributed by atoms with Crippen LogP contribution in [0.4, 0.5) is 22.0 Å². The predicted molar refractivity (Wildman–Crippen MR) is 52.8 cm³/mol. The number of amides is 1. The van der Waals surface area contributed by atoms with Crippen molar-refractivity contribution in [2.75, 3.05) is 6.54 Å². The van der Waals surface area contributed by atoms with Gasteiger partial charge in [-0.25, -0.2) is 0 Å². The first-order chi connectivity index (χ1) is 7.89. The summed E-state index contributed by atoms with van der Waals surface area (Å²) in [5, 5.41) is 10.2. The van der Waals surface area contributed by atoms with E-state index in [4.69, 9.17) is 5.73 Å². The Morgan fingerprint density at radius 2 is 1.72 bits per heavy atom. The van der Waals surface area contributed by atoms with E-state index in [0.29, 0.717) is 0 Å². The molecule has 108 valence electrons. The molecule has 9 heteroatoms. The summed E-state index contributed by atoms with van der Waals surface area (Å²) in [7, 11) is 0. The van der Waals surface area contributed by atoms with Crippen LogP contribution in [0.1, 0.15) is 13.8 Å². The van der Waals surface area contributed by atoms with Crippen molar-refractivity contribution in [1.82, 2.24) is 5.32 Å². The molecule has 0 rings (SSSR count). The van der Waals surface area contributed by atoms with Gasteiger partial charge in [-0.15, -0.1) is 0 Å². The summed E-state index contributed by atoms with van der Waals surface area (Å²) in [5.41, 5.74) is 5.23. The highest BCUT2D eigenvalue weighted by molar-refractivity contribution is 5.84. The number of carbonyl (C=O) groups excluding carboxylic acids is 1. The minimum Gasteiger partial charge on any atom is -0.385 e. The first-order valence-corrected chi connectivity index (χ1v) is 5.06. The molecule has 0 aliphatic rings. The van der Waals surface area contributed by atoms with E-state index in [1.54, 1.807) is 0 Å². The van der Waals surface area contributed by atoms with E-state index in [-0.39, 0.29) is 0 Å². The smallest absolute Gasteiger partial charge is 0.385 e. The highest BCUT2D eigenvalue weighted by Crippen LogP contribution is 2.24. The molecule has 4 N–H and O–H groups in total. The lowest BCUT2D eigenvalue weighted by molar-refractivity contribution is -0.173. The van der Waals surface area contributed by atoms with Gasteiger partial charge < -0.3 is 16.2 Å². The number of rotatable bonds is 5. The van der Waals surface area contributed by atoms with Crippen molar-refractivity contribution >= 4 is 5.91 Å². The van der Waals surface area contributed by atoms with E-state index < -0.39 is 42.6 Å². The van der Waals surface area contributed by atoms with Crippen LogP contribution >= 0.6 is 0 Å². The maximum absolute atomic E-state index is 13.3. The third-order valence-electron chi connectivity index (χ3n) is 2.26. The Kier molecular flexibility index (Phi) is 5.48. The molecule has 0 aromatic rings. The zero-order chi connectivity index (χ0) is 14.7. The molecule has 0 saturated heterocycles. The number of nitrogens with two attached hydrogens (primary N) is 1. The molecule has 0 spiro atoms. The topological polar surface area (TPSA) is 75.3 Å². The van der Waals surface area contributed by atoms with Crippen LogP contribution in [0.15, 0.2) is 0 Å². The van der Waals surface area contributed by atoms with E-state index in [9.17, 15) is 31.9 Å². The summed E-state index contributed by atoms with van der Waals surface area (Å²) < 4.78 is 61.8. The van der Waals surface area contributed by atoms with E-state index in [0.717, 1.165) is 5.32 Å². The average molecular weight is 278 g/mol. The molecule has 0 aromatic heterocycles. The number of hydrogen-bond acceptors (Lipinski definition) is 3. The van der Waals surface area contributed by atoms with Crippen LogP contribution in [-0.4, -0.2) is 41.8 Å². The molecular weight excluding hydrogens is 263 g/mol. The van der Waals surface area contributed by atoms with Gasteiger partial charge in [-0.2, -0.15) is 22.0 Å². The molecule has 1 amide bonds. The van der Waals surface area contributed by atoms with E-state index in [1.807, 2.05) is 0 Å². The number of halogens is 5. The standard InChI is InChI=1S/C9H15F5N2O2/c1-4(2)5(15)6(17)9(13,14)7(18)16-3-8(10,11)12/h4-6,17H,3,15H2,1-2H3,(H,16,18)/t5-,6?/m0/s1. The second kappa shape index (κ2) is 5.79. The Morgan fingerprint density at radius 1 is 1.28 bits per heavy atom. The molecule has 0 radical (unpaired) electrons. The number of hydrogen-bond donors (Lipinski definition) is 3. The molecule has 1 unspecified atom stereocenters. The van der Waals surface area contributed by atoms with Gasteiger partial charge in [0.15, 0.2) is 0 Å². The summed E-state index contributed by atoms with van der Waals surface area (Å²) in [6.45, 7) is 0.959. The number of aliphatic hydroxyl groups is 1. The second-order valence-electron chi connectivity index (χ2n) is 4.19. The largest absolute Gasteiger partial charge is 0.405 e. The fraction of sp³-hybridized carbons (Fsp3) is 0.889. The Morgan fingerprint density at radius 3 is 2.06 bits per heavy atom. The second-order valence-corrected chi connectivity index (χ2v) is 4.19. The van der Waals surface area contributed by atoms with Crippen molar-refractivity contribution in [1.29, 1.82) is 0 Å². The minimum absolute atomic E-state index is 0.568. The summed E-state index contributed by atoms with van der Waals surface area (Å²) in [6.07, 6.45) is -7.36. The van der Waals surface area contributed by atoms with Gasteiger partial charge in [0, 0.05) is 6.04 Å². The third kappa shape index (κ3) is 4.73. The summed E-state index contributed by atoms with van der Waals surface area (Å²) in [6, 6.07) is -1.43. The third-order valence-corrected chi connectivity index (χ3v) is 2.26. The van der Waals surface area contributed by atoms with Crippen LogP contribution < -0.4 is 11.1 Å². The van der Waals surface area contributed by atoms with Crippen molar-refractivity contribution in [3.8, 4) is 0 Å². The number of alkyl halides is 5. The molecule has 0 fully saturated rings. The van der Waals surface area contributed by atoms with E-state index >= 15 is 0 Å². The summed E-state index contributed by atoms with van der Waals surface area (Å²) >= 11 is 0. The fourth-order valence-corrected chi connectivity index (χ4v) is 1.04. The van der Waals surface area contributed by atoms with Gasteiger partial charge in [0.2, 0.25) is 0 Å². The van der Waals surface area contributed by atoms with Gasteiger partial charge in [0.1, 0.15) is 12.6 Å². The van der Waals surface area contributed by atoms with Crippen molar-refractivity contribution < 1.29 is 31.9 Å². The van der Waals surface area contributed by atoms with Crippen LogP contribution in [0.25, 0.3) is 0 Å². The summed E-state index contributed by atoms with van der Waals surface area (Å²) in [5.74, 6) is -7.15. The lowest BCUT2D eigenvalue weighted by atomic mass is 9.95. The molecule has 0 heterocycles. The quantitative estimate of drug-likeness (QED) is 0.646. The van der Waals surface area contributed by atoms with Gasteiger partial charge in [0.25, 0.3) is 5.91 Å². The monoisotopic (exact) mass is 278 g/mol. The van der Waals surface area contributed by atoms with Gasteiger partial charge in [-0.1, -0.05) is 13.8 Å². The molecular formula is C9H15F5N2O2. The van der Waals surface area contributed by atoms with Crippen molar-refractivity contribution in [3.63, 3.8) is 0 Å². The molecule has 0 aliphatic carbocycles. The van der Waals surface area contributed by atoms with Crippen LogP contribution in [0.3, 0.4) is 0 Å². The maximum Gasteiger partial charge on any atom is 0.405 e. The van der Waals surface area contributed by atoms with Gasteiger partial charge in [-0.3, -0.25) is 4.79 Å². The molecule has 2 atom stereocenters. The highest BCUT2D eigenvalue weighted by atomic mass is 19.4. The Bertz CT molecular complexity index is 293. The Balaban J connectivity index is 4.66. The first-order valence-electron chi connectivity index (χ1n) is 5.06. The molecule has 0 bridgehead atoms. The lowest BCUT2D eigenvalue weighted by Gasteiger charge is -2.28. The highest BCUT2D eigenvalue weighted by Gasteiger charge is 2.50. The van der Waals surface area contributed by atoms with Crippen LogP contribution in [0.2, 0.25) is 0 Å². The van der Waals surface area contributed by atoms with Gasteiger partial charge in [0.05, 0.1) is 0 Å². The van der Waals surface area contributed by atoms with Crippen molar-refractivity contribution in [2.24, 2.45) is 11.7 Å². The molecule has 4 nitrogen and oxygen atoms in total. The van der Waals surface area contributed by atoms with Crippen LogP contribution in [0, 0.1) is 5.92 Å². The maximum atomic E-state index is 13.3. The number of nitrogens with one attached hydrogen (secondary N) is 1. The average Bonchev–Trinajstić information content (AvgIpc) is 2.22. The molecule has 0 aliphatic heterocycles. The Labute approximate surface area is 100 Å². The normalized spacial score (nSPS) is 16.6. The number of aliphatic hydroxyl groups excluding tert-OH is 1. The number of carbonyl (C=O) groups is 1. The fourth-order valence-electron chi connectivity index (χ4n) is 1.04. The Hall–Kier alpha value is -0.960. The van der Waals surface area contributed by atoms with Crippen molar-refractivity contribution in [3.05, 3.63) is 0 Å². The van der Waals surface area contributed by atoms with Crippen LogP contribution in [-0.2, 0) is 4.79 Å². The van der Waals surface area contributed by atoms with E-state index in [1.165, 1.54) is 13.8 Å². The predicted octanol–water partition coefficient (Wildman–Crippen LogP) is 0.644. The minimum atomic E-state index is -4.81. The van der Waals surface area contributed by atoms with Crippen molar-refractivity contribution in [2.45, 2.75) is 38.1 Å². The summed E-state index contributed by atoms with van der Waals surface area (Å²) in [4.78, 5) is 10.9.